The molecule has 0 aromatic rings. The monoisotopic (exact) mass is 185 g/mol. The Morgan fingerprint density at radius 2 is 1.83 bits per heavy atom. The van der Waals surface area contributed by atoms with Gasteiger partial charge in [-0.25, -0.2) is 0 Å². The van der Waals surface area contributed by atoms with Crippen molar-refractivity contribution in [3.05, 3.63) is 12.2 Å². The molecule has 1 unspecified atom stereocenters. The average Bonchev–Trinajstić information content (AvgIpc) is 2.60. The van der Waals surface area contributed by atoms with Gasteiger partial charge in [0.1, 0.15) is 0 Å². The van der Waals surface area contributed by atoms with Gasteiger partial charge in [-0.3, -0.25) is 0 Å². The number of hydrogen-bond acceptors (Lipinski definition) is 1. The fourth-order valence-electron chi connectivity index (χ4n) is 3.58. The second-order valence-electron chi connectivity index (χ2n) is 4.43. The Hall–Kier alpha value is -0.0100. The van der Waals surface area contributed by atoms with E-state index >= 15 is 0 Å². The molecule has 2 fully saturated rings. The molecule has 0 spiro atoms. The van der Waals surface area contributed by atoms with Crippen molar-refractivity contribution in [3.8, 4) is 0 Å². The van der Waals surface area contributed by atoms with Gasteiger partial charge in [0.25, 0.3) is 0 Å². The highest BCUT2D eigenvalue weighted by molar-refractivity contribution is 5.85. The Kier molecular flexibility index (Phi) is 1.96. The zero-order valence-electron chi connectivity index (χ0n) is 7.15. The van der Waals surface area contributed by atoms with Crippen LogP contribution in [0.2, 0.25) is 0 Å². The molecule has 0 aliphatic heterocycles. The lowest BCUT2D eigenvalue weighted by molar-refractivity contribution is 0.339. The van der Waals surface area contributed by atoms with Gasteiger partial charge in [-0.15, -0.1) is 12.4 Å². The molecule has 0 saturated heterocycles. The minimum Gasteiger partial charge on any atom is -0.327 e. The first-order valence-electron chi connectivity index (χ1n) is 4.80. The molecule has 3 aliphatic rings. The molecule has 0 radical (unpaired) electrons. The molecule has 5 atom stereocenters. The van der Waals surface area contributed by atoms with E-state index in [2.05, 4.69) is 12.2 Å². The lowest BCUT2D eigenvalue weighted by atomic mass is 9.84. The summed E-state index contributed by atoms with van der Waals surface area (Å²) in [4.78, 5) is 0. The summed E-state index contributed by atoms with van der Waals surface area (Å²) in [6, 6.07) is 0.528. The first kappa shape index (κ1) is 8.58. The third kappa shape index (κ3) is 0.898. The summed E-state index contributed by atoms with van der Waals surface area (Å²) in [5, 5.41) is 0. The van der Waals surface area contributed by atoms with Crippen LogP contribution in [0.25, 0.3) is 0 Å². The third-order valence-electron chi connectivity index (χ3n) is 4.02. The molecule has 2 heteroatoms. The van der Waals surface area contributed by atoms with E-state index in [1.165, 1.54) is 19.3 Å². The number of rotatable bonds is 0. The highest BCUT2D eigenvalue weighted by Crippen LogP contribution is 2.54. The summed E-state index contributed by atoms with van der Waals surface area (Å²) in [5.41, 5.74) is 6.07. The number of fused-ring (bicyclic) bond motifs is 5. The van der Waals surface area contributed by atoms with Crippen molar-refractivity contribution < 1.29 is 0 Å². The lowest BCUT2D eigenvalue weighted by Gasteiger charge is -2.23. The molecule has 68 valence electrons. The van der Waals surface area contributed by atoms with Gasteiger partial charge in [-0.2, -0.15) is 0 Å². The molecule has 1 nitrogen and oxygen atoms in total. The van der Waals surface area contributed by atoms with Crippen LogP contribution in [0.15, 0.2) is 12.2 Å². The number of nitrogens with two attached hydrogens (primary N) is 1. The maximum Gasteiger partial charge on any atom is 0.00757 e. The summed E-state index contributed by atoms with van der Waals surface area (Å²) in [6.07, 6.45) is 8.95. The molecule has 2 bridgehead atoms. The van der Waals surface area contributed by atoms with E-state index in [-0.39, 0.29) is 12.4 Å². The summed E-state index contributed by atoms with van der Waals surface area (Å²) >= 11 is 0. The Morgan fingerprint density at radius 3 is 2.58 bits per heavy atom. The van der Waals surface area contributed by atoms with Crippen LogP contribution >= 0.6 is 12.4 Å². The molecule has 0 aromatic heterocycles. The van der Waals surface area contributed by atoms with Gasteiger partial charge in [0.2, 0.25) is 0 Å². The van der Waals surface area contributed by atoms with Crippen LogP contribution in [0, 0.1) is 23.7 Å². The van der Waals surface area contributed by atoms with E-state index in [1.54, 1.807) is 0 Å². The average molecular weight is 186 g/mol. The Labute approximate surface area is 79.8 Å². The zero-order valence-corrected chi connectivity index (χ0v) is 7.96. The normalized spacial score (nSPS) is 53.9. The molecule has 12 heavy (non-hydrogen) atoms. The van der Waals surface area contributed by atoms with Crippen molar-refractivity contribution in [2.24, 2.45) is 29.4 Å². The molecule has 3 aliphatic carbocycles. The molecule has 2 saturated carbocycles. The van der Waals surface area contributed by atoms with Crippen molar-refractivity contribution in [2.45, 2.75) is 25.3 Å². The summed E-state index contributed by atoms with van der Waals surface area (Å²) in [5.74, 6) is 3.62. The Balaban J connectivity index is 0.000000563. The highest BCUT2D eigenvalue weighted by Gasteiger charge is 2.49. The molecular weight excluding hydrogens is 170 g/mol. The maximum absolute atomic E-state index is 6.07. The van der Waals surface area contributed by atoms with Gasteiger partial charge in [0.05, 0.1) is 0 Å². The fourth-order valence-corrected chi connectivity index (χ4v) is 3.58. The van der Waals surface area contributed by atoms with Crippen molar-refractivity contribution in [1.82, 2.24) is 0 Å². The second-order valence-corrected chi connectivity index (χ2v) is 4.43. The lowest BCUT2D eigenvalue weighted by Crippen LogP contribution is -2.30. The van der Waals surface area contributed by atoms with Crippen LogP contribution in [0.4, 0.5) is 0 Å². The first-order valence-corrected chi connectivity index (χ1v) is 4.80. The predicted octanol–water partition coefficient (Wildman–Crippen LogP) is 1.97. The van der Waals surface area contributed by atoms with Gasteiger partial charge in [-0.1, -0.05) is 12.2 Å². The molecule has 3 rings (SSSR count). The van der Waals surface area contributed by atoms with Crippen molar-refractivity contribution in [1.29, 1.82) is 0 Å². The Bertz CT molecular complexity index is 214. The van der Waals surface area contributed by atoms with Gasteiger partial charge >= 0.3 is 0 Å². The van der Waals surface area contributed by atoms with Crippen LogP contribution in [0.1, 0.15) is 19.3 Å². The van der Waals surface area contributed by atoms with Gasteiger partial charge in [0, 0.05) is 6.04 Å². The van der Waals surface area contributed by atoms with E-state index in [1.807, 2.05) is 0 Å². The van der Waals surface area contributed by atoms with Crippen molar-refractivity contribution >= 4 is 12.4 Å². The maximum atomic E-state index is 6.07. The highest BCUT2D eigenvalue weighted by atomic mass is 35.5. The van der Waals surface area contributed by atoms with Gasteiger partial charge in [0.15, 0.2) is 0 Å². The van der Waals surface area contributed by atoms with Crippen LogP contribution in [0.3, 0.4) is 0 Å². The van der Waals surface area contributed by atoms with Crippen LogP contribution in [-0.2, 0) is 0 Å². The van der Waals surface area contributed by atoms with Crippen LogP contribution in [-0.4, -0.2) is 6.04 Å². The molecule has 2 N–H and O–H groups in total. The van der Waals surface area contributed by atoms with E-state index < -0.39 is 0 Å². The van der Waals surface area contributed by atoms with Crippen molar-refractivity contribution in [2.75, 3.05) is 0 Å². The van der Waals surface area contributed by atoms with E-state index in [9.17, 15) is 0 Å². The standard InChI is InChI=1S/C10H15N.ClH/c11-9-4-3-8-6-1-2-7(5-6)10(8)9;/h1-2,6-10H,3-5,11H2;1H/t6-,7+,8-,9?,10+;/m1./s1. The number of allylic oxidation sites excluding steroid dienone is 2. The van der Waals surface area contributed by atoms with E-state index in [0.717, 1.165) is 23.7 Å². The Morgan fingerprint density at radius 1 is 1.08 bits per heavy atom. The molecule has 0 aromatic carbocycles. The second kappa shape index (κ2) is 2.74. The SMILES string of the molecule is Cl.NC1CC[C@H]2[C@@H]1[C@H]1C=C[C@@H]2C1. The first-order chi connectivity index (χ1) is 5.36. The number of hydrogen-bond donors (Lipinski definition) is 1. The minimum atomic E-state index is 0. The predicted molar refractivity (Wildman–Crippen MR) is 52.2 cm³/mol. The smallest absolute Gasteiger partial charge is 0.00757 e. The van der Waals surface area contributed by atoms with E-state index in [4.69, 9.17) is 5.73 Å². The minimum absolute atomic E-state index is 0. The zero-order chi connectivity index (χ0) is 7.42. The summed E-state index contributed by atoms with van der Waals surface area (Å²) < 4.78 is 0. The third-order valence-corrected chi connectivity index (χ3v) is 4.02. The topological polar surface area (TPSA) is 26.0 Å². The number of halogens is 1. The van der Waals surface area contributed by atoms with Crippen molar-refractivity contribution in [3.63, 3.8) is 0 Å². The largest absolute Gasteiger partial charge is 0.327 e. The molecule has 0 amide bonds. The molecule has 0 heterocycles. The molecular formula is C10H16ClN. The quantitative estimate of drug-likeness (QED) is 0.574. The summed E-state index contributed by atoms with van der Waals surface area (Å²) in [6.45, 7) is 0. The van der Waals surface area contributed by atoms with Gasteiger partial charge in [-0.05, 0) is 42.9 Å². The van der Waals surface area contributed by atoms with Gasteiger partial charge < -0.3 is 5.73 Å². The summed E-state index contributed by atoms with van der Waals surface area (Å²) in [7, 11) is 0. The van der Waals surface area contributed by atoms with Crippen LogP contribution in [0.5, 0.6) is 0 Å². The van der Waals surface area contributed by atoms with Crippen LogP contribution < -0.4 is 5.73 Å². The fraction of sp³-hybridized carbons (Fsp3) is 0.800. The van der Waals surface area contributed by atoms with E-state index in [0.29, 0.717) is 6.04 Å².